The van der Waals surface area contributed by atoms with Crippen molar-refractivity contribution in [2.24, 2.45) is 11.8 Å². The van der Waals surface area contributed by atoms with Crippen molar-refractivity contribution in [3.63, 3.8) is 0 Å². The first-order valence-electron chi connectivity index (χ1n) is 9.47. The molecule has 0 aromatic heterocycles. The van der Waals surface area contributed by atoms with E-state index in [1.807, 2.05) is 0 Å². The predicted octanol–water partition coefficient (Wildman–Crippen LogP) is 1.70. The minimum absolute atomic E-state index is 0.0913. The van der Waals surface area contributed by atoms with Gasteiger partial charge in [0, 0.05) is 64.7 Å². The third-order valence-corrected chi connectivity index (χ3v) is 6.26. The highest BCUT2D eigenvalue weighted by molar-refractivity contribution is 5.06. The first kappa shape index (κ1) is 16.3. The van der Waals surface area contributed by atoms with E-state index in [0.29, 0.717) is 17.9 Å². The maximum Gasteiger partial charge on any atom is 0.0985 e. The Balaban J connectivity index is 1.21. The first-order chi connectivity index (χ1) is 11.4. The van der Waals surface area contributed by atoms with Gasteiger partial charge in [0.15, 0.2) is 0 Å². The lowest BCUT2D eigenvalue weighted by atomic mass is 9.79. The van der Waals surface area contributed by atoms with Crippen LogP contribution in [0.3, 0.4) is 0 Å². The summed E-state index contributed by atoms with van der Waals surface area (Å²) in [4.78, 5) is 2.61. The fraction of sp³-hybridized carbons (Fsp3) is 1.00. The fourth-order valence-electron chi connectivity index (χ4n) is 4.61. The molecule has 0 aromatic carbocycles. The van der Waals surface area contributed by atoms with E-state index in [9.17, 15) is 0 Å². The molecule has 5 heteroatoms. The zero-order valence-electron chi connectivity index (χ0n) is 14.2. The van der Waals surface area contributed by atoms with Crippen molar-refractivity contribution in [2.75, 3.05) is 59.3 Å². The highest BCUT2D eigenvalue weighted by Gasteiger charge is 2.54. The SMILES string of the molecule is C1CC(COC[C@H]2CCOC23CN(C2CCOCC2)C3)CCO1. The zero-order valence-corrected chi connectivity index (χ0v) is 14.2. The summed E-state index contributed by atoms with van der Waals surface area (Å²) in [6, 6.07) is 0.711. The van der Waals surface area contributed by atoms with Gasteiger partial charge in [0.25, 0.3) is 0 Å². The number of ether oxygens (including phenoxy) is 4. The van der Waals surface area contributed by atoms with Crippen molar-refractivity contribution in [3.8, 4) is 0 Å². The zero-order chi connectivity index (χ0) is 15.5. The average Bonchev–Trinajstić information content (AvgIpc) is 2.99. The number of hydrogen-bond acceptors (Lipinski definition) is 5. The van der Waals surface area contributed by atoms with Gasteiger partial charge in [0.2, 0.25) is 0 Å². The van der Waals surface area contributed by atoms with Crippen LogP contribution < -0.4 is 0 Å². The van der Waals surface area contributed by atoms with E-state index in [2.05, 4.69) is 4.90 Å². The standard InChI is InChI=1S/C18H31NO4/c1-6-20-7-2-15(1)11-22-12-16-3-10-23-18(16)13-19(14-18)17-4-8-21-9-5-17/h15-17H,1-14H2/t16-/m1/s1. The molecule has 5 nitrogen and oxygen atoms in total. The lowest BCUT2D eigenvalue weighted by Gasteiger charge is -2.54. The van der Waals surface area contributed by atoms with Crippen molar-refractivity contribution in [2.45, 2.75) is 43.7 Å². The van der Waals surface area contributed by atoms with Gasteiger partial charge < -0.3 is 18.9 Å². The molecule has 4 fully saturated rings. The summed E-state index contributed by atoms with van der Waals surface area (Å²) in [5.74, 6) is 1.28. The molecule has 4 aliphatic heterocycles. The van der Waals surface area contributed by atoms with Crippen LogP contribution in [0.5, 0.6) is 0 Å². The van der Waals surface area contributed by atoms with Crippen LogP contribution in [0.25, 0.3) is 0 Å². The molecular weight excluding hydrogens is 294 g/mol. The summed E-state index contributed by atoms with van der Waals surface area (Å²) in [6.45, 7) is 8.55. The maximum atomic E-state index is 6.18. The lowest BCUT2D eigenvalue weighted by Crippen LogP contribution is -2.68. The molecule has 0 unspecified atom stereocenters. The molecule has 0 aromatic rings. The monoisotopic (exact) mass is 325 g/mol. The molecule has 132 valence electrons. The summed E-state index contributed by atoms with van der Waals surface area (Å²) >= 11 is 0. The van der Waals surface area contributed by atoms with Gasteiger partial charge in [0.1, 0.15) is 0 Å². The molecular formula is C18H31NO4. The van der Waals surface area contributed by atoms with Gasteiger partial charge in [-0.1, -0.05) is 0 Å². The van der Waals surface area contributed by atoms with Crippen molar-refractivity contribution in [1.29, 1.82) is 0 Å². The molecule has 0 radical (unpaired) electrons. The molecule has 0 aliphatic carbocycles. The van der Waals surface area contributed by atoms with Crippen LogP contribution >= 0.6 is 0 Å². The van der Waals surface area contributed by atoms with Gasteiger partial charge >= 0.3 is 0 Å². The largest absolute Gasteiger partial charge is 0.381 e. The number of nitrogens with zero attached hydrogens (tertiary/aromatic N) is 1. The topological polar surface area (TPSA) is 40.2 Å². The van der Waals surface area contributed by atoms with Crippen LogP contribution in [0.4, 0.5) is 0 Å². The van der Waals surface area contributed by atoms with Crippen molar-refractivity contribution >= 4 is 0 Å². The Morgan fingerprint density at radius 2 is 1.52 bits per heavy atom. The number of rotatable bonds is 5. The van der Waals surface area contributed by atoms with E-state index < -0.39 is 0 Å². The molecule has 4 aliphatic rings. The van der Waals surface area contributed by atoms with E-state index in [4.69, 9.17) is 18.9 Å². The Kier molecular flexibility index (Phi) is 5.21. The quantitative estimate of drug-likeness (QED) is 0.769. The molecule has 0 bridgehead atoms. The molecule has 0 N–H and O–H groups in total. The normalized spacial score (nSPS) is 33.1. The average molecular weight is 325 g/mol. The summed E-state index contributed by atoms with van der Waals surface area (Å²) < 4.78 is 23.2. The second kappa shape index (κ2) is 7.36. The predicted molar refractivity (Wildman–Crippen MR) is 86.6 cm³/mol. The molecule has 1 atom stereocenters. The molecule has 23 heavy (non-hydrogen) atoms. The molecule has 4 rings (SSSR count). The van der Waals surface area contributed by atoms with Gasteiger partial charge in [0.05, 0.1) is 12.2 Å². The Hall–Kier alpha value is -0.200. The van der Waals surface area contributed by atoms with Crippen LogP contribution in [0.2, 0.25) is 0 Å². The van der Waals surface area contributed by atoms with Gasteiger partial charge in [-0.15, -0.1) is 0 Å². The Labute approximate surface area is 139 Å². The minimum atomic E-state index is 0.0913. The highest BCUT2D eigenvalue weighted by Crippen LogP contribution is 2.42. The first-order valence-corrected chi connectivity index (χ1v) is 9.47. The Bertz CT molecular complexity index is 373. The Morgan fingerprint density at radius 3 is 2.26 bits per heavy atom. The maximum absolute atomic E-state index is 6.18. The van der Waals surface area contributed by atoms with Crippen LogP contribution in [-0.2, 0) is 18.9 Å². The van der Waals surface area contributed by atoms with E-state index in [1.54, 1.807) is 0 Å². The van der Waals surface area contributed by atoms with E-state index in [-0.39, 0.29) is 5.60 Å². The summed E-state index contributed by atoms with van der Waals surface area (Å²) in [5.41, 5.74) is 0.0913. The van der Waals surface area contributed by atoms with Crippen LogP contribution in [0, 0.1) is 11.8 Å². The van der Waals surface area contributed by atoms with Crippen LogP contribution in [0.15, 0.2) is 0 Å². The van der Waals surface area contributed by atoms with Gasteiger partial charge in [-0.25, -0.2) is 0 Å². The molecule has 4 saturated heterocycles. The highest BCUT2D eigenvalue weighted by atomic mass is 16.5. The molecule has 0 amide bonds. The fourth-order valence-corrected chi connectivity index (χ4v) is 4.61. The molecule has 4 heterocycles. The summed E-state index contributed by atoms with van der Waals surface area (Å²) in [7, 11) is 0. The smallest absolute Gasteiger partial charge is 0.0985 e. The van der Waals surface area contributed by atoms with Gasteiger partial charge in [-0.2, -0.15) is 0 Å². The third-order valence-electron chi connectivity index (χ3n) is 6.26. The lowest BCUT2D eigenvalue weighted by molar-refractivity contribution is -0.164. The van der Waals surface area contributed by atoms with E-state index in [1.165, 1.54) is 12.8 Å². The second-order valence-electron chi connectivity index (χ2n) is 7.74. The molecule has 1 spiro atoms. The number of likely N-dealkylation sites (tertiary alicyclic amines) is 1. The minimum Gasteiger partial charge on any atom is -0.381 e. The van der Waals surface area contributed by atoms with E-state index >= 15 is 0 Å². The van der Waals surface area contributed by atoms with Gasteiger partial charge in [-0.3, -0.25) is 4.90 Å². The summed E-state index contributed by atoms with van der Waals surface area (Å²) in [6.07, 6.45) is 5.84. The second-order valence-corrected chi connectivity index (χ2v) is 7.74. The van der Waals surface area contributed by atoms with E-state index in [0.717, 1.165) is 78.6 Å². The molecule has 0 saturated carbocycles. The Morgan fingerprint density at radius 1 is 0.826 bits per heavy atom. The van der Waals surface area contributed by atoms with Gasteiger partial charge in [-0.05, 0) is 38.0 Å². The summed E-state index contributed by atoms with van der Waals surface area (Å²) in [5, 5.41) is 0. The van der Waals surface area contributed by atoms with Crippen LogP contribution in [-0.4, -0.2) is 75.9 Å². The third kappa shape index (κ3) is 3.59. The van der Waals surface area contributed by atoms with Crippen molar-refractivity contribution < 1.29 is 18.9 Å². The van der Waals surface area contributed by atoms with Crippen molar-refractivity contribution in [3.05, 3.63) is 0 Å². The number of hydrogen-bond donors (Lipinski definition) is 0. The van der Waals surface area contributed by atoms with Crippen molar-refractivity contribution in [1.82, 2.24) is 4.90 Å². The van der Waals surface area contributed by atoms with Crippen LogP contribution in [0.1, 0.15) is 32.1 Å².